The molecule has 0 aliphatic carbocycles. The van der Waals surface area contributed by atoms with Crippen LogP contribution in [0.15, 0.2) is 24.3 Å². The lowest BCUT2D eigenvalue weighted by atomic mass is 10.5. The maximum Gasteiger partial charge on any atom is 0.328 e. The first kappa shape index (κ1) is 31.3. The van der Waals surface area contributed by atoms with Crippen molar-refractivity contribution < 1.29 is 14.7 Å². The summed E-state index contributed by atoms with van der Waals surface area (Å²) in [5.74, 6) is -0.903. The van der Waals surface area contributed by atoms with Crippen LogP contribution in [-0.2, 0) is 9.59 Å². The Morgan fingerprint density at radius 2 is 1.37 bits per heavy atom. The first-order valence-electron chi connectivity index (χ1n) is 4.83. The molecule has 1 N–H and O–H groups in total. The molecule has 19 heavy (non-hydrogen) atoms. The van der Waals surface area contributed by atoms with Crippen molar-refractivity contribution in [1.82, 2.24) is 0 Å². The van der Waals surface area contributed by atoms with Crippen LogP contribution in [0.5, 0.6) is 0 Å². The molecule has 6 heteroatoms. The number of allylic oxidation sites excluding steroid dienone is 3. The van der Waals surface area contributed by atoms with Gasteiger partial charge in [0, 0.05) is 16.7 Å². The predicted octanol–water partition coefficient (Wildman–Crippen LogP) is 5.41. The molecule has 0 heterocycles. The molecule has 0 fully saturated rings. The summed E-state index contributed by atoms with van der Waals surface area (Å²) in [5, 5.41) is 8.77. The van der Waals surface area contributed by atoms with Crippen LogP contribution >= 0.6 is 43.5 Å². The number of rotatable bonds is 4. The van der Waals surface area contributed by atoms with E-state index < -0.39 is 11.2 Å². The van der Waals surface area contributed by atoms with Crippen molar-refractivity contribution in [2.24, 2.45) is 0 Å². The van der Waals surface area contributed by atoms with Gasteiger partial charge < -0.3 is 5.11 Å². The van der Waals surface area contributed by atoms with Crippen molar-refractivity contribution >= 4 is 54.7 Å². The summed E-state index contributed by atoms with van der Waals surface area (Å²) < 4.78 is 0. The highest BCUT2D eigenvalue weighted by Crippen LogP contribution is 1.85. The van der Waals surface area contributed by atoms with E-state index in [2.05, 4.69) is 45.7 Å². The summed E-state index contributed by atoms with van der Waals surface area (Å²) in [6.07, 6.45) is 6.79. The van der Waals surface area contributed by atoms with Crippen molar-refractivity contribution in [3.05, 3.63) is 24.3 Å². The topological polar surface area (TPSA) is 54.4 Å². The van der Waals surface area contributed by atoms with Gasteiger partial charge in [-0.3, -0.25) is 4.79 Å². The molecule has 0 aromatic carbocycles. The molecule has 0 aromatic rings. The molecule has 0 atom stereocenters. The van der Waals surface area contributed by atoms with E-state index in [0.29, 0.717) is 10.7 Å². The Kier molecular flexibility index (Phi) is 50.6. The summed E-state index contributed by atoms with van der Waals surface area (Å²) in [6, 6.07) is 0. The van der Waals surface area contributed by atoms with Gasteiger partial charge in [0.25, 0.3) is 0 Å². The van der Waals surface area contributed by atoms with Gasteiger partial charge in [0.1, 0.15) is 0 Å². The fraction of sp³-hybridized carbons (Fsp3) is 0.538. The zero-order valence-electron chi connectivity index (χ0n) is 9.83. The maximum atomic E-state index is 9.86. The standard InChI is InChI=1S/C4H4BrClO.C4H5BrO2.C3H8.2CH4/c2*5-3-1-2-4(6)7;1-3-2;;/h1-2H,3H2;1-2H,3H2,(H,6,7);3H2,1-2H3;2*1H4/b2*2-1+;;;. The van der Waals surface area contributed by atoms with Gasteiger partial charge in [-0.05, 0) is 17.7 Å². The number of carboxylic acids is 1. The van der Waals surface area contributed by atoms with Crippen molar-refractivity contribution in [3.63, 3.8) is 0 Å². The minimum absolute atomic E-state index is 0. The maximum absolute atomic E-state index is 9.86. The van der Waals surface area contributed by atoms with Crippen LogP contribution in [0.2, 0.25) is 0 Å². The Morgan fingerprint density at radius 1 is 1.05 bits per heavy atom. The molecule has 3 nitrogen and oxygen atoms in total. The zero-order valence-corrected chi connectivity index (χ0v) is 13.8. The average molecular weight is 425 g/mol. The van der Waals surface area contributed by atoms with Gasteiger partial charge in [-0.15, -0.1) is 0 Å². The number of hydrogen-bond acceptors (Lipinski definition) is 2. The number of hydrogen-bond donors (Lipinski definition) is 1. The molecule has 0 amide bonds. The molecule has 0 unspecified atom stereocenters. The second-order valence-electron chi connectivity index (χ2n) is 2.46. The van der Waals surface area contributed by atoms with Gasteiger partial charge in [0.05, 0.1) is 0 Å². The summed E-state index contributed by atoms with van der Waals surface area (Å²) >= 11 is 11.0. The molecular weight excluding hydrogens is 399 g/mol. The van der Waals surface area contributed by atoms with Crippen molar-refractivity contribution in [1.29, 1.82) is 0 Å². The van der Waals surface area contributed by atoms with E-state index in [1.165, 1.54) is 18.6 Å². The number of carbonyl (C=O) groups is 2. The second kappa shape index (κ2) is 30.7. The van der Waals surface area contributed by atoms with E-state index in [-0.39, 0.29) is 14.9 Å². The van der Waals surface area contributed by atoms with E-state index in [0.717, 1.165) is 6.08 Å². The van der Waals surface area contributed by atoms with Crippen LogP contribution in [0.25, 0.3) is 0 Å². The molecule has 0 rings (SSSR count). The molecule has 0 aliphatic rings. The number of aliphatic carboxylic acids is 1. The van der Waals surface area contributed by atoms with E-state index in [9.17, 15) is 9.59 Å². The molecule has 0 aromatic heterocycles. The quantitative estimate of drug-likeness (QED) is 0.373. The molecule has 0 aliphatic heterocycles. The van der Waals surface area contributed by atoms with Crippen LogP contribution in [0.1, 0.15) is 35.1 Å². The van der Waals surface area contributed by atoms with Gasteiger partial charge in [0.2, 0.25) is 5.24 Å². The van der Waals surface area contributed by atoms with Gasteiger partial charge in [0.15, 0.2) is 0 Å². The first-order chi connectivity index (χ1) is 7.95. The minimum Gasteiger partial charge on any atom is -0.478 e. The second-order valence-corrected chi connectivity index (χ2v) is 4.13. The highest BCUT2D eigenvalue weighted by molar-refractivity contribution is 9.09. The smallest absolute Gasteiger partial charge is 0.328 e. The Morgan fingerprint density at radius 3 is 1.47 bits per heavy atom. The third-order valence-electron chi connectivity index (χ3n) is 0.687. The number of carbonyl (C=O) groups excluding carboxylic acids is 1. The molecule has 0 saturated heterocycles. The Labute approximate surface area is 139 Å². The SMILES string of the molecule is C.C.CCC.O=C(Cl)/C=C/CBr.O=C(O)/C=C/CBr. The van der Waals surface area contributed by atoms with Crippen molar-refractivity contribution in [2.75, 3.05) is 10.7 Å². The summed E-state index contributed by atoms with van der Waals surface area (Å²) in [7, 11) is 0. The Hall–Kier alpha value is -0.130. The number of alkyl halides is 2. The molecule has 116 valence electrons. The fourth-order valence-electron chi connectivity index (χ4n) is 0.283. The molecule has 0 spiro atoms. The van der Waals surface area contributed by atoms with Gasteiger partial charge in [-0.25, -0.2) is 4.79 Å². The predicted molar refractivity (Wildman–Crippen MR) is 93.8 cm³/mol. The third kappa shape index (κ3) is 72.7. The largest absolute Gasteiger partial charge is 0.478 e. The van der Waals surface area contributed by atoms with Crippen LogP contribution in [0.4, 0.5) is 0 Å². The van der Waals surface area contributed by atoms with Crippen molar-refractivity contribution in [2.45, 2.75) is 35.1 Å². The first-order valence-corrected chi connectivity index (χ1v) is 7.45. The van der Waals surface area contributed by atoms with Gasteiger partial charge in [-0.1, -0.05) is 79.1 Å². The molecule has 0 radical (unpaired) electrons. The molecular formula is C13H25Br2ClO3. The van der Waals surface area contributed by atoms with Crippen molar-refractivity contribution in [3.8, 4) is 0 Å². The summed E-state index contributed by atoms with van der Waals surface area (Å²) in [4.78, 5) is 19.5. The number of carboxylic acid groups (broad SMARTS) is 1. The lowest BCUT2D eigenvalue weighted by molar-refractivity contribution is -0.131. The van der Waals surface area contributed by atoms with Crippen LogP contribution in [-0.4, -0.2) is 27.0 Å². The summed E-state index contributed by atoms with van der Waals surface area (Å²) in [5.41, 5.74) is 0. The highest BCUT2D eigenvalue weighted by atomic mass is 79.9. The lowest BCUT2D eigenvalue weighted by Crippen LogP contribution is -1.84. The number of halogens is 3. The van der Waals surface area contributed by atoms with Crippen LogP contribution < -0.4 is 0 Å². The minimum atomic E-state index is -0.903. The van der Waals surface area contributed by atoms with Gasteiger partial charge >= 0.3 is 5.97 Å². The average Bonchev–Trinajstić information content (AvgIpc) is 2.25. The normalized spacial score (nSPS) is 8.26. The molecule has 0 bridgehead atoms. The third-order valence-corrected chi connectivity index (χ3v) is 1.56. The summed E-state index contributed by atoms with van der Waals surface area (Å²) in [6.45, 7) is 4.25. The van der Waals surface area contributed by atoms with E-state index >= 15 is 0 Å². The highest BCUT2D eigenvalue weighted by Gasteiger charge is 1.80. The Balaban J connectivity index is -0.0000000525. The molecule has 0 saturated carbocycles. The zero-order chi connectivity index (χ0) is 14.1. The Bertz CT molecular complexity index is 218. The fourth-order valence-corrected chi connectivity index (χ4v) is 0.745. The van der Waals surface area contributed by atoms with Crippen LogP contribution in [0.3, 0.4) is 0 Å². The lowest BCUT2D eigenvalue weighted by Gasteiger charge is -1.72. The van der Waals surface area contributed by atoms with E-state index in [1.54, 1.807) is 6.08 Å². The van der Waals surface area contributed by atoms with E-state index in [1.807, 2.05) is 0 Å². The van der Waals surface area contributed by atoms with Crippen LogP contribution in [0, 0.1) is 0 Å². The van der Waals surface area contributed by atoms with E-state index in [4.69, 9.17) is 16.7 Å². The van der Waals surface area contributed by atoms with Gasteiger partial charge in [-0.2, -0.15) is 0 Å². The monoisotopic (exact) mass is 422 g/mol.